The third-order valence-corrected chi connectivity index (χ3v) is 5.21. The molecule has 2 heterocycles. The molecule has 0 aliphatic carbocycles. The van der Waals surface area contributed by atoms with Crippen LogP contribution in [0.5, 0.6) is 0 Å². The maximum Gasteiger partial charge on any atom is 0.0998 e. The normalized spacial score (nSPS) is 13.8. The molecule has 0 N–H and O–H groups in total. The van der Waals surface area contributed by atoms with Crippen LogP contribution in [-0.2, 0) is 13.0 Å². The van der Waals surface area contributed by atoms with Gasteiger partial charge in [0.05, 0.1) is 11.6 Å². The second-order valence-electron chi connectivity index (χ2n) is 6.64. The summed E-state index contributed by atoms with van der Waals surface area (Å²) in [5.41, 5.74) is 7.84. The first-order valence-electron chi connectivity index (χ1n) is 9.08. The van der Waals surface area contributed by atoms with Gasteiger partial charge in [-0.2, -0.15) is 5.26 Å². The molecule has 1 aromatic heterocycles. The summed E-state index contributed by atoms with van der Waals surface area (Å²) in [5.74, 6) is 0. The van der Waals surface area contributed by atoms with Crippen LogP contribution >= 0.6 is 0 Å². The number of pyridine rings is 1. The van der Waals surface area contributed by atoms with E-state index in [9.17, 15) is 5.26 Å². The number of benzene rings is 2. The molecule has 128 valence electrons. The van der Waals surface area contributed by atoms with Gasteiger partial charge in [-0.15, -0.1) is 0 Å². The smallest absolute Gasteiger partial charge is 0.0998 e. The number of fused-ring (bicyclic) bond motifs is 1. The summed E-state index contributed by atoms with van der Waals surface area (Å²) in [6, 6.07) is 18.9. The van der Waals surface area contributed by atoms with Gasteiger partial charge in [0.1, 0.15) is 0 Å². The molecular weight excluding hydrogens is 318 g/mol. The SMILES string of the molecule is CCN1CCc2c(-c3ccccc3)cc(C#N)c(-c3cccnc3)c2C1. The first kappa shape index (κ1) is 16.5. The summed E-state index contributed by atoms with van der Waals surface area (Å²) >= 11 is 0. The molecule has 2 aromatic carbocycles. The van der Waals surface area contributed by atoms with Crippen LogP contribution in [-0.4, -0.2) is 23.0 Å². The standard InChI is InChI=1S/C23H21N3/c1-2-26-12-10-20-21(17-7-4-3-5-8-17)13-19(14-24)23(22(20)16-26)18-9-6-11-25-15-18/h3-9,11,13,15H,2,10,12,16H2,1H3. The van der Waals surface area contributed by atoms with Gasteiger partial charge in [-0.05, 0) is 47.4 Å². The highest BCUT2D eigenvalue weighted by atomic mass is 15.1. The molecule has 3 aromatic rings. The number of nitrogens with zero attached hydrogens (tertiary/aromatic N) is 3. The van der Waals surface area contributed by atoms with Crippen molar-refractivity contribution < 1.29 is 0 Å². The van der Waals surface area contributed by atoms with E-state index < -0.39 is 0 Å². The largest absolute Gasteiger partial charge is 0.299 e. The molecule has 0 saturated carbocycles. The average Bonchev–Trinajstić information content (AvgIpc) is 2.73. The fourth-order valence-corrected chi connectivity index (χ4v) is 3.89. The molecule has 4 rings (SSSR count). The van der Waals surface area contributed by atoms with Gasteiger partial charge in [-0.25, -0.2) is 0 Å². The third kappa shape index (κ3) is 2.89. The molecule has 26 heavy (non-hydrogen) atoms. The fourth-order valence-electron chi connectivity index (χ4n) is 3.89. The Kier molecular flexibility index (Phi) is 4.51. The van der Waals surface area contributed by atoms with Gasteiger partial charge in [-0.3, -0.25) is 9.88 Å². The molecule has 0 radical (unpaired) electrons. The van der Waals surface area contributed by atoms with E-state index in [1.807, 2.05) is 18.3 Å². The molecule has 0 unspecified atom stereocenters. The van der Waals surface area contributed by atoms with E-state index in [0.717, 1.165) is 42.7 Å². The quantitative estimate of drug-likeness (QED) is 0.696. The van der Waals surface area contributed by atoms with Crippen molar-refractivity contribution in [3.8, 4) is 28.3 Å². The maximum absolute atomic E-state index is 9.89. The third-order valence-electron chi connectivity index (χ3n) is 5.21. The lowest BCUT2D eigenvalue weighted by Crippen LogP contribution is -2.31. The van der Waals surface area contributed by atoms with Crippen LogP contribution in [0.2, 0.25) is 0 Å². The number of hydrogen-bond acceptors (Lipinski definition) is 3. The van der Waals surface area contributed by atoms with Crippen molar-refractivity contribution in [2.24, 2.45) is 0 Å². The van der Waals surface area contributed by atoms with Crippen LogP contribution in [0.25, 0.3) is 22.3 Å². The predicted molar refractivity (Wildman–Crippen MR) is 104 cm³/mol. The molecule has 1 aliphatic heterocycles. The molecule has 3 heteroatoms. The molecule has 0 saturated heterocycles. The minimum absolute atomic E-state index is 0.730. The Morgan fingerprint density at radius 1 is 1.08 bits per heavy atom. The van der Waals surface area contributed by atoms with Crippen molar-refractivity contribution in [3.63, 3.8) is 0 Å². The Bertz CT molecular complexity index is 956. The van der Waals surface area contributed by atoms with Crippen LogP contribution in [0.3, 0.4) is 0 Å². The Labute approximate surface area is 154 Å². The van der Waals surface area contributed by atoms with Crippen LogP contribution in [0, 0.1) is 11.3 Å². The average molecular weight is 339 g/mol. The Morgan fingerprint density at radius 3 is 2.58 bits per heavy atom. The summed E-state index contributed by atoms with van der Waals surface area (Å²) in [4.78, 5) is 6.72. The van der Waals surface area contributed by atoms with E-state index in [1.165, 1.54) is 22.3 Å². The molecule has 0 amide bonds. The van der Waals surface area contributed by atoms with Crippen LogP contribution in [0.4, 0.5) is 0 Å². The molecule has 0 spiro atoms. The van der Waals surface area contributed by atoms with E-state index >= 15 is 0 Å². The first-order valence-corrected chi connectivity index (χ1v) is 9.08. The van der Waals surface area contributed by atoms with Crippen molar-refractivity contribution >= 4 is 0 Å². The molecule has 1 aliphatic rings. The summed E-state index contributed by atoms with van der Waals surface area (Å²) in [5, 5.41) is 9.89. The lowest BCUT2D eigenvalue weighted by Gasteiger charge is -2.31. The van der Waals surface area contributed by atoms with E-state index in [2.05, 4.69) is 59.3 Å². The van der Waals surface area contributed by atoms with Gasteiger partial charge in [0.25, 0.3) is 0 Å². The van der Waals surface area contributed by atoms with E-state index in [-0.39, 0.29) is 0 Å². The van der Waals surface area contributed by atoms with Crippen LogP contribution < -0.4 is 0 Å². The minimum atomic E-state index is 0.730. The fraction of sp³-hybridized carbons (Fsp3) is 0.217. The molecule has 0 atom stereocenters. The monoisotopic (exact) mass is 339 g/mol. The predicted octanol–water partition coefficient (Wildman–Crippen LogP) is 4.67. The Morgan fingerprint density at radius 2 is 1.88 bits per heavy atom. The van der Waals surface area contributed by atoms with E-state index in [0.29, 0.717) is 0 Å². The lowest BCUT2D eigenvalue weighted by molar-refractivity contribution is 0.269. The molecular formula is C23H21N3. The van der Waals surface area contributed by atoms with E-state index in [1.54, 1.807) is 6.20 Å². The number of likely N-dealkylation sites (N-methyl/N-ethyl adjacent to an activating group) is 1. The van der Waals surface area contributed by atoms with Gasteiger partial charge >= 0.3 is 0 Å². The highest BCUT2D eigenvalue weighted by molar-refractivity contribution is 5.82. The topological polar surface area (TPSA) is 39.9 Å². The summed E-state index contributed by atoms with van der Waals surface area (Å²) < 4.78 is 0. The second-order valence-corrected chi connectivity index (χ2v) is 6.64. The maximum atomic E-state index is 9.89. The van der Waals surface area contributed by atoms with Crippen molar-refractivity contribution in [1.29, 1.82) is 5.26 Å². The van der Waals surface area contributed by atoms with Crippen molar-refractivity contribution in [3.05, 3.63) is 77.6 Å². The Hall–Kier alpha value is -2.96. The number of hydrogen-bond donors (Lipinski definition) is 0. The zero-order chi connectivity index (χ0) is 17.9. The van der Waals surface area contributed by atoms with Crippen molar-refractivity contribution in [2.75, 3.05) is 13.1 Å². The highest BCUT2D eigenvalue weighted by Gasteiger charge is 2.25. The summed E-state index contributed by atoms with van der Waals surface area (Å²) in [6.45, 7) is 5.15. The van der Waals surface area contributed by atoms with Crippen LogP contribution in [0.15, 0.2) is 60.9 Å². The van der Waals surface area contributed by atoms with Gasteiger partial charge in [0, 0.05) is 36.6 Å². The molecule has 3 nitrogen and oxygen atoms in total. The zero-order valence-electron chi connectivity index (χ0n) is 14.9. The van der Waals surface area contributed by atoms with Gasteiger partial charge < -0.3 is 0 Å². The number of aromatic nitrogens is 1. The first-order chi connectivity index (χ1) is 12.8. The number of rotatable bonds is 3. The van der Waals surface area contributed by atoms with E-state index in [4.69, 9.17) is 0 Å². The van der Waals surface area contributed by atoms with Crippen molar-refractivity contribution in [1.82, 2.24) is 9.88 Å². The number of nitriles is 1. The summed E-state index contributed by atoms with van der Waals surface area (Å²) in [7, 11) is 0. The van der Waals surface area contributed by atoms with Crippen molar-refractivity contribution in [2.45, 2.75) is 19.9 Å². The summed E-state index contributed by atoms with van der Waals surface area (Å²) in [6.07, 6.45) is 4.65. The van der Waals surface area contributed by atoms with Gasteiger partial charge in [0.15, 0.2) is 0 Å². The second kappa shape index (κ2) is 7.11. The zero-order valence-corrected chi connectivity index (χ0v) is 14.9. The van der Waals surface area contributed by atoms with Gasteiger partial charge in [-0.1, -0.05) is 43.3 Å². The Balaban J connectivity index is 2.00. The van der Waals surface area contributed by atoms with Gasteiger partial charge in [0.2, 0.25) is 0 Å². The minimum Gasteiger partial charge on any atom is -0.299 e. The lowest BCUT2D eigenvalue weighted by atomic mass is 9.83. The molecule has 0 bridgehead atoms. The van der Waals surface area contributed by atoms with Crippen LogP contribution in [0.1, 0.15) is 23.6 Å². The highest BCUT2D eigenvalue weighted by Crippen LogP contribution is 2.39. The molecule has 0 fully saturated rings.